The zero-order valence-electron chi connectivity index (χ0n) is 9.28. The molecule has 0 aromatic heterocycles. The Labute approximate surface area is 135 Å². The summed E-state index contributed by atoms with van der Waals surface area (Å²) in [4.78, 5) is 0. The minimum Gasteiger partial charge on any atom is -0.179 e. The van der Waals surface area contributed by atoms with Crippen LogP contribution in [0.1, 0.15) is 6.92 Å². The molecule has 0 saturated carbocycles. The van der Waals surface area contributed by atoms with Gasteiger partial charge in [-0.3, -0.25) is 0 Å². The monoisotopic (exact) mass is 352 g/mol. The summed E-state index contributed by atoms with van der Waals surface area (Å²) in [5.41, 5.74) is 0. The van der Waals surface area contributed by atoms with Crippen molar-refractivity contribution in [1.29, 1.82) is 0 Å². The summed E-state index contributed by atoms with van der Waals surface area (Å²) in [6.45, 7) is 2.11. The Morgan fingerprint density at radius 1 is 0.938 bits per heavy atom. The third-order valence-corrected chi connectivity index (χ3v) is 7.96. The lowest BCUT2D eigenvalue weighted by Crippen LogP contribution is -2.06. The lowest BCUT2D eigenvalue weighted by molar-refractivity contribution is 1.14. The van der Waals surface area contributed by atoms with Gasteiger partial charge in [-0.1, -0.05) is 6.92 Å². The van der Waals surface area contributed by atoms with Gasteiger partial charge in [-0.2, -0.15) is 62.3 Å². The summed E-state index contributed by atoms with van der Waals surface area (Å²) < 4.78 is 0.835. The van der Waals surface area contributed by atoms with Gasteiger partial charge >= 0.3 is 0 Å². The van der Waals surface area contributed by atoms with Crippen LogP contribution in [0.5, 0.6) is 0 Å². The van der Waals surface area contributed by atoms with Crippen molar-refractivity contribution in [3.8, 4) is 0 Å². The van der Waals surface area contributed by atoms with E-state index in [1.807, 2.05) is 35.3 Å². The van der Waals surface area contributed by atoms with Gasteiger partial charge in [-0.15, -0.1) is 23.5 Å². The highest BCUT2D eigenvalue weighted by Crippen LogP contribution is 2.25. The van der Waals surface area contributed by atoms with Gasteiger partial charge in [0.2, 0.25) is 0 Å². The van der Waals surface area contributed by atoms with Crippen LogP contribution in [-0.4, -0.2) is 43.2 Å². The van der Waals surface area contributed by atoms with Crippen LogP contribution in [0, 0.1) is 0 Å². The minimum atomic E-state index is 0.412. The standard InChI is InChI=1S/C9H20S7/c1-7(11)4-16-9(13)6-14-5-8(12)15-3-2-10/h7-13H,2-6H2,1H3. The number of hydrogen-bond donors (Lipinski definition) is 4. The third-order valence-electron chi connectivity index (χ3n) is 1.45. The van der Waals surface area contributed by atoms with Gasteiger partial charge in [0.25, 0.3) is 0 Å². The molecule has 0 aliphatic carbocycles. The van der Waals surface area contributed by atoms with E-state index in [0.29, 0.717) is 14.4 Å². The normalized spacial score (nSPS) is 17.1. The largest absolute Gasteiger partial charge is 0.179 e. The molecule has 0 aromatic rings. The molecule has 0 amide bonds. The van der Waals surface area contributed by atoms with Gasteiger partial charge in [0.15, 0.2) is 0 Å². The lowest BCUT2D eigenvalue weighted by Gasteiger charge is -2.13. The molecule has 0 heterocycles. The van der Waals surface area contributed by atoms with Gasteiger partial charge in [-0.25, -0.2) is 0 Å². The molecular weight excluding hydrogens is 333 g/mol. The zero-order valence-corrected chi connectivity index (χ0v) is 15.3. The second-order valence-electron chi connectivity index (χ2n) is 3.22. The maximum absolute atomic E-state index is 4.54. The molecule has 0 N–H and O–H groups in total. The van der Waals surface area contributed by atoms with Gasteiger partial charge in [0.05, 0.1) is 9.16 Å². The van der Waals surface area contributed by atoms with Crippen LogP contribution < -0.4 is 0 Å². The van der Waals surface area contributed by atoms with Crippen molar-refractivity contribution in [3.63, 3.8) is 0 Å². The molecule has 16 heavy (non-hydrogen) atoms. The highest BCUT2D eigenvalue weighted by molar-refractivity contribution is 8.14. The molecule has 0 aliphatic heterocycles. The molecule has 0 bridgehead atoms. The molecule has 3 atom stereocenters. The summed E-state index contributed by atoms with van der Waals surface area (Å²) in [6.07, 6.45) is 0. The summed E-state index contributed by atoms with van der Waals surface area (Å²) in [5, 5.41) is 0.452. The first-order valence-electron chi connectivity index (χ1n) is 5.02. The number of thioether (sulfide) groups is 3. The molecule has 3 unspecified atom stereocenters. The fourth-order valence-electron chi connectivity index (χ4n) is 0.805. The molecule has 0 radical (unpaired) electrons. The van der Waals surface area contributed by atoms with Gasteiger partial charge < -0.3 is 0 Å². The molecular formula is C9H20S7. The van der Waals surface area contributed by atoms with Crippen molar-refractivity contribution in [2.24, 2.45) is 0 Å². The Kier molecular flexibility index (Phi) is 14.4. The van der Waals surface area contributed by atoms with E-state index in [1.54, 1.807) is 0 Å². The molecule has 0 fully saturated rings. The fraction of sp³-hybridized carbons (Fsp3) is 1.00. The highest BCUT2D eigenvalue weighted by Gasteiger charge is 2.08. The first-order valence-corrected chi connectivity index (χ1v) is 10.5. The topological polar surface area (TPSA) is 0 Å². The van der Waals surface area contributed by atoms with Crippen LogP contribution in [0.15, 0.2) is 0 Å². The number of rotatable bonds is 10. The Morgan fingerprint density at radius 2 is 1.50 bits per heavy atom. The van der Waals surface area contributed by atoms with E-state index in [2.05, 4.69) is 57.4 Å². The first-order chi connectivity index (χ1) is 7.56. The smallest absolute Gasteiger partial charge is 0.0563 e. The molecule has 7 heteroatoms. The molecule has 0 nitrogen and oxygen atoms in total. The molecule has 0 saturated heterocycles. The molecule has 0 aliphatic rings. The van der Waals surface area contributed by atoms with Crippen molar-refractivity contribution in [2.45, 2.75) is 21.3 Å². The Morgan fingerprint density at radius 3 is 2.00 bits per heavy atom. The van der Waals surface area contributed by atoms with Gasteiger partial charge in [0.1, 0.15) is 0 Å². The zero-order chi connectivity index (χ0) is 12.4. The van der Waals surface area contributed by atoms with E-state index in [9.17, 15) is 0 Å². The average Bonchev–Trinajstić information content (AvgIpc) is 2.23. The Balaban J connectivity index is 3.35. The predicted octanol–water partition coefficient (Wildman–Crippen LogP) is 3.95. The van der Waals surface area contributed by atoms with E-state index >= 15 is 0 Å². The van der Waals surface area contributed by atoms with Crippen LogP contribution in [0.2, 0.25) is 0 Å². The lowest BCUT2D eigenvalue weighted by atomic mass is 10.6. The Bertz CT molecular complexity index is 153. The fourth-order valence-corrected chi connectivity index (χ4v) is 5.35. The second kappa shape index (κ2) is 12.5. The maximum atomic E-state index is 4.54. The SMILES string of the molecule is CC(S)CSC(S)CSCC(S)SCCS. The number of thiol groups is 4. The summed E-state index contributed by atoms with van der Waals surface area (Å²) >= 11 is 23.3. The Hall–Kier alpha value is 2.45. The summed E-state index contributed by atoms with van der Waals surface area (Å²) in [6, 6.07) is 0. The minimum absolute atomic E-state index is 0.412. The maximum Gasteiger partial charge on any atom is 0.0563 e. The van der Waals surface area contributed by atoms with Crippen LogP contribution in [0.25, 0.3) is 0 Å². The molecule has 0 aromatic carbocycles. The van der Waals surface area contributed by atoms with Crippen LogP contribution in [-0.2, 0) is 0 Å². The third kappa shape index (κ3) is 12.9. The van der Waals surface area contributed by atoms with Crippen molar-refractivity contribution in [1.82, 2.24) is 0 Å². The summed E-state index contributed by atoms with van der Waals surface area (Å²) in [5.74, 6) is 5.23. The molecule has 98 valence electrons. The number of hydrogen-bond acceptors (Lipinski definition) is 7. The van der Waals surface area contributed by atoms with E-state index in [0.717, 1.165) is 28.8 Å². The first kappa shape index (κ1) is 18.4. The quantitative estimate of drug-likeness (QED) is 0.347. The van der Waals surface area contributed by atoms with Gasteiger partial charge in [-0.05, 0) is 5.75 Å². The van der Waals surface area contributed by atoms with Crippen molar-refractivity contribution >= 4 is 85.8 Å². The van der Waals surface area contributed by atoms with E-state index in [4.69, 9.17) is 0 Å². The van der Waals surface area contributed by atoms with Crippen molar-refractivity contribution in [2.75, 3.05) is 28.8 Å². The highest BCUT2D eigenvalue weighted by atomic mass is 32.2. The van der Waals surface area contributed by atoms with E-state index in [1.165, 1.54) is 0 Å². The van der Waals surface area contributed by atoms with Gasteiger partial charge in [0, 0.05) is 28.3 Å². The van der Waals surface area contributed by atoms with E-state index in [-0.39, 0.29) is 0 Å². The van der Waals surface area contributed by atoms with E-state index < -0.39 is 0 Å². The van der Waals surface area contributed by atoms with Crippen LogP contribution >= 0.6 is 85.8 Å². The molecule has 0 spiro atoms. The predicted molar refractivity (Wildman–Crippen MR) is 100 cm³/mol. The average molecular weight is 353 g/mol. The second-order valence-corrected chi connectivity index (χ2v) is 10.1. The van der Waals surface area contributed by atoms with Crippen molar-refractivity contribution < 1.29 is 0 Å². The molecule has 0 rings (SSSR count). The van der Waals surface area contributed by atoms with Crippen LogP contribution in [0.4, 0.5) is 0 Å². The van der Waals surface area contributed by atoms with Crippen molar-refractivity contribution in [3.05, 3.63) is 0 Å². The summed E-state index contributed by atoms with van der Waals surface area (Å²) in [7, 11) is 0. The van der Waals surface area contributed by atoms with Crippen LogP contribution in [0.3, 0.4) is 0 Å².